The van der Waals surface area contributed by atoms with Crippen LogP contribution in [0.25, 0.3) is 0 Å². The highest BCUT2D eigenvalue weighted by Gasteiger charge is 2.29. The van der Waals surface area contributed by atoms with Gasteiger partial charge >= 0.3 is 0 Å². The molecule has 1 amide bonds. The predicted molar refractivity (Wildman–Crippen MR) is 87.7 cm³/mol. The standard InChI is InChI=1S/C17H26FN3O2/c1-19(2)16(14-4-6-15(18)7-5-14)17(22)21-10-8-20(9-11-21)12-13-23-3/h4-7,16H,8-13H2,1-3H3. The molecule has 128 valence electrons. The van der Waals surface area contributed by atoms with Crippen LogP contribution < -0.4 is 0 Å². The van der Waals surface area contributed by atoms with Gasteiger partial charge in [-0.3, -0.25) is 14.6 Å². The van der Waals surface area contributed by atoms with Gasteiger partial charge in [-0.15, -0.1) is 0 Å². The van der Waals surface area contributed by atoms with E-state index in [1.165, 1.54) is 12.1 Å². The van der Waals surface area contributed by atoms with Crippen LogP contribution in [0.1, 0.15) is 11.6 Å². The Morgan fingerprint density at radius 3 is 2.35 bits per heavy atom. The second-order valence-corrected chi connectivity index (χ2v) is 6.08. The fourth-order valence-corrected chi connectivity index (χ4v) is 2.89. The third kappa shape index (κ3) is 4.73. The van der Waals surface area contributed by atoms with Gasteiger partial charge in [-0.2, -0.15) is 0 Å². The zero-order valence-electron chi connectivity index (χ0n) is 14.2. The first-order chi connectivity index (χ1) is 11.0. The molecule has 0 spiro atoms. The van der Waals surface area contributed by atoms with Gasteiger partial charge in [0.15, 0.2) is 0 Å². The third-order valence-corrected chi connectivity index (χ3v) is 4.23. The summed E-state index contributed by atoms with van der Waals surface area (Å²) in [4.78, 5) is 19.0. The van der Waals surface area contributed by atoms with E-state index < -0.39 is 0 Å². The Bertz CT molecular complexity index is 499. The summed E-state index contributed by atoms with van der Waals surface area (Å²) in [6, 6.07) is 5.81. The molecule has 1 unspecified atom stereocenters. The smallest absolute Gasteiger partial charge is 0.244 e. The van der Waals surface area contributed by atoms with Crippen molar-refractivity contribution in [3.8, 4) is 0 Å². The lowest BCUT2D eigenvalue weighted by atomic mass is 10.0. The van der Waals surface area contributed by atoms with Gasteiger partial charge in [0, 0.05) is 39.8 Å². The average Bonchev–Trinajstić information content (AvgIpc) is 2.55. The Balaban J connectivity index is 2.01. The molecule has 0 aliphatic carbocycles. The van der Waals surface area contributed by atoms with E-state index in [-0.39, 0.29) is 17.8 Å². The number of halogens is 1. The molecule has 2 rings (SSSR count). The first kappa shape index (κ1) is 17.8. The molecule has 1 heterocycles. The van der Waals surface area contributed by atoms with E-state index in [1.807, 2.05) is 23.9 Å². The van der Waals surface area contributed by atoms with Crippen LogP contribution in [0.3, 0.4) is 0 Å². The molecular formula is C17H26FN3O2. The van der Waals surface area contributed by atoms with Crippen LogP contribution in [0.15, 0.2) is 24.3 Å². The second-order valence-electron chi connectivity index (χ2n) is 6.08. The maximum Gasteiger partial charge on any atom is 0.244 e. The third-order valence-electron chi connectivity index (χ3n) is 4.23. The molecule has 0 aromatic heterocycles. The highest BCUT2D eigenvalue weighted by atomic mass is 19.1. The van der Waals surface area contributed by atoms with Crippen molar-refractivity contribution >= 4 is 5.91 Å². The van der Waals surface area contributed by atoms with Crippen LogP contribution in [-0.2, 0) is 9.53 Å². The zero-order valence-corrected chi connectivity index (χ0v) is 14.2. The molecule has 0 saturated carbocycles. The molecule has 1 aliphatic heterocycles. The lowest BCUT2D eigenvalue weighted by Crippen LogP contribution is -2.51. The summed E-state index contributed by atoms with van der Waals surface area (Å²) >= 11 is 0. The minimum Gasteiger partial charge on any atom is -0.383 e. The number of hydrogen-bond acceptors (Lipinski definition) is 4. The molecule has 1 saturated heterocycles. The first-order valence-electron chi connectivity index (χ1n) is 7.95. The number of methoxy groups -OCH3 is 1. The van der Waals surface area contributed by atoms with Gasteiger partial charge in [0.05, 0.1) is 6.61 Å². The Kier molecular flexibility index (Phi) is 6.50. The Labute approximate surface area is 137 Å². The van der Waals surface area contributed by atoms with Crippen molar-refractivity contribution in [1.82, 2.24) is 14.7 Å². The molecule has 1 aliphatic rings. The summed E-state index contributed by atoms with van der Waals surface area (Å²) in [6.45, 7) is 4.76. The number of rotatable bonds is 6. The Hall–Kier alpha value is -1.50. The molecule has 1 aromatic rings. The lowest BCUT2D eigenvalue weighted by Gasteiger charge is -2.37. The number of likely N-dealkylation sites (N-methyl/N-ethyl adjacent to an activating group) is 1. The van der Waals surface area contributed by atoms with Gasteiger partial charge in [0.25, 0.3) is 0 Å². The normalized spacial score (nSPS) is 17.5. The van der Waals surface area contributed by atoms with E-state index in [9.17, 15) is 9.18 Å². The number of ether oxygens (including phenoxy) is 1. The van der Waals surface area contributed by atoms with Crippen molar-refractivity contribution in [2.75, 3.05) is 60.5 Å². The second kappa shape index (κ2) is 8.38. The molecule has 6 heteroatoms. The van der Waals surface area contributed by atoms with Crippen molar-refractivity contribution in [2.24, 2.45) is 0 Å². The molecule has 23 heavy (non-hydrogen) atoms. The van der Waals surface area contributed by atoms with Crippen LogP contribution in [0, 0.1) is 5.82 Å². The molecule has 0 radical (unpaired) electrons. The van der Waals surface area contributed by atoms with Crippen molar-refractivity contribution < 1.29 is 13.9 Å². The maximum absolute atomic E-state index is 13.1. The number of hydrogen-bond donors (Lipinski definition) is 0. The van der Waals surface area contributed by atoms with Gasteiger partial charge < -0.3 is 9.64 Å². The van der Waals surface area contributed by atoms with E-state index in [1.54, 1.807) is 19.2 Å². The topological polar surface area (TPSA) is 36.0 Å². The summed E-state index contributed by atoms with van der Waals surface area (Å²) in [5, 5.41) is 0. The van der Waals surface area contributed by atoms with Crippen LogP contribution >= 0.6 is 0 Å². The summed E-state index contributed by atoms with van der Waals surface area (Å²) in [6.07, 6.45) is 0. The number of piperazine rings is 1. The fourth-order valence-electron chi connectivity index (χ4n) is 2.89. The lowest BCUT2D eigenvalue weighted by molar-refractivity contribution is -0.138. The van der Waals surface area contributed by atoms with Gasteiger partial charge in [-0.05, 0) is 31.8 Å². The molecule has 0 bridgehead atoms. The minimum absolute atomic E-state index is 0.0769. The Morgan fingerprint density at radius 1 is 1.22 bits per heavy atom. The number of carbonyl (C=O) groups is 1. The van der Waals surface area contributed by atoms with Gasteiger partial charge in [-0.25, -0.2) is 4.39 Å². The van der Waals surface area contributed by atoms with Crippen molar-refractivity contribution in [3.05, 3.63) is 35.6 Å². The summed E-state index contributed by atoms with van der Waals surface area (Å²) in [5.41, 5.74) is 0.822. The van der Waals surface area contributed by atoms with E-state index in [4.69, 9.17) is 4.74 Å². The highest BCUT2D eigenvalue weighted by molar-refractivity contribution is 5.83. The van der Waals surface area contributed by atoms with Gasteiger partial charge in [0.2, 0.25) is 5.91 Å². The van der Waals surface area contributed by atoms with E-state index >= 15 is 0 Å². The van der Waals surface area contributed by atoms with Crippen molar-refractivity contribution in [1.29, 1.82) is 0 Å². The Morgan fingerprint density at radius 2 is 1.83 bits per heavy atom. The summed E-state index contributed by atoms with van der Waals surface area (Å²) in [7, 11) is 5.45. The van der Waals surface area contributed by atoms with Crippen LogP contribution in [0.4, 0.5) is 4.39 Å². The van der Waals surface area contributed by atoms with E-state index in [0.717, 1.165) is 25.2 Å². The fraction of sp³-hybridized carbons (Fsp3) is 0.588. The summed E-state index contributed by atoms with van der Waals surface area (Å²) < 4.78 is 18.2. The van der Waals surface area contributed by atoms with Crippen LogP contribution in [0.2, 0.25) is 0 Å². The minimum atomic E-state index is -0.374. The van der Waals surface area contributed by atoms with E-state index in [0.29, 0.717) is 19.7 Å². The monoisotopic (exact) mass is 323 g/mol. The number of nitrogens with zero attached hydrogens (tertiary/aromatic N) is 3. The molecule has 5 nitrogen and oxygen atoms in total. The predicted octanol–water partition coefficient (Wildman–Crippen LogP) is 1.22. The SMILES string of the molecule is COCCN1CCN(C(=O)C(c2ccc(F)cc2)N(C)C)CC1. The largest absolute Gasteiger partial charge is 0.383 e. The highest BCUT2D eigenvalue weighted by Crippen LogP contribution is 2.22. The molecule has 1 fully saturated rings. The zero-order chi connectivity index (χ0) is 16.8. The van der Waals surface area contributed by atoms with Crippen LogP contribution in [0.5, 0.6) is 0 Å². The average molecular weight is 323 g/mol. The van der Waals surface area contributed by atoms with Gasteiger partial charge in [0.1, 0.15) is 11.9 Å². The number of amides is 1. The van der Waals surface area contributed by atoms with Crippen molar-refractivity contribution in [2.45, 2.75) is 6.04 Å². The molecular weight excluding hydrogens is 297 g/mol. The molecule has 0 N–H and O–H groups in total. The van der Waals surface area contributed by atoms with E-state index in [2.05, 4.69) is 4.90 Å². The van der Waals surface area contributed by atoms with Gasteiger partial charge in [-0.1, -0.05) is 12.1 Å². The summed E-state index contributed by atoms with van der Waals surface area (Å²) in [5.74, 6) is -0.210. The molecule has 1 aromatic carbocycles. The van der Waals surface area contributed by atoms with Crippen LogP contribution in [-0.4, -0.2) is 81.1 Å². The van der Waals surface area contributed by atoms with Crippen molar-refractivity contribution in [3.63, 3.8) is 0 Å². The maximum atomic E-state index is 13.1. The number of carbonyl (C=O) groups excluding carboxylic acids is 1. The first-order valence-corrected chi connectivity index (χ1v) is 7.95. The quantitative estimate of drug-likeness (QED) is 0.789. The number of benzene rings is 1. The molecule has 1 atom stereocenters.